The van der Waals surface area contributed by atoms with Crippen molar-refractivity contribution in [3.63, 3.8) is 0 Å². The van der Waals surface area contributed by atoms with Gasteiger partial charge in [0.25, 0.3) is 6.48 Å². The Morgan fingerprint density at radius 3 is 2.62 bits per heavy atom. The first-order valence-electron chi connectivity index (χ1n) is 2.39. The average molecular weight is 120 g/mol. The maximum absolute atomic E-state index is 8.48. The molecule has 2 N–H and O–H groups in total. The van der Waals surface area contributed by atoms with E-state index in [1.807, 2.05) is 0 Å². The van der Waals surface area contributed by atoms with Gasteiger partial charge in [-0.15, -0.1) is 0 Å². The van der Waals surface area contributed by atoms with Crippen molar-refractivity contribution in [3.05, 3.63) is 0 Å². The van der Waals surface area contributed by atoms with Crippen LogP contribution in [0.1, 0.15) is 0 Å². The van der Waals surface area contributed by atoms with Crippen molar-refractivity contribution in [3.8, 4) is 0 Å². The van der Waals surface area contributed by atoms with Gasteiger partial charge in [-0.1, -0.05) is 0 Å². The Hall–Kier alpha value is -0.160. The Kier molecular flexibility index (Phi) is 1.80. The van der Waals surface area contributed by atoms with E-state index in [1.54, 1.807) is 0 Å². The molecule has 0 amide bonds. The molecule has 1 aliphatic rings. The maximum atomic E-state index is 8.48. The molecule has 48 valence electrons. The summed E-state index contributed by atoms with van der Waals surface area (Å²) in [4.78, 5) is 0. The summed E-state index contributed by atoms with van der Waals surface area (Å²) in [5, 5.41) is 16.8. The molecule has 1 saturated heterocycles. The Morgan fingerprint density at radius 2 is 2.38 bits per heavy atom. The van der Waals surface area contributed by atoms with Gasteiger partial charge in [0, 0.05) is 0 Å². The van der Waals surface area contributed by atoms with Crippen molar-refractivity contribution in [2.45, 2.75) is 12.6 Å². The second-order valence-electron chi connectivity index (χ2n) is 1.58. The van der Waals surface area contributed by atoms with Crippen LogP contribution in [0.5, 0.6) is 0 Å². The molecule has 0 aliphatic carbocycles. The molecule has 1 rings (SSSR count). The normalized spacial score (nSPS) is 38.2. The minimum atomic E-state index is -1.13. The second kappa shape index (κ2) is 2.41. The highest BCUT2D eigenvalue weighted by Crippen LogP contribution is 2.06. The van der Waals surface area contributed by atoms with E-state index in [0.29, 0.717) is 0 Å². The Balaban J connectivity index is 2.22. The summed E-state index contributed by atoms with van der Waals surface area (Å²) in [6.45, 7) is -0.957. The fourth-order valence-electron chi connectivity index (χ4n) is 0.529. The minimum absolute atomic E-state index is 0.100. The van der Waals surface area contributed by atoms with Crippen LogP contribution in [0, 0.1) is 0 Å². The molecule has 1 aliphatic heterocycles. The predicted molar refractivity (Wildman–Crippen MR) is 23.9 cm³/mol. The third kappa shape index (κ3) is 1.16. The zero-order chi connectivity index (χ0) is 5.98. The molecule has 4 heteroatoms. The molecular weight excluding hydrogens is 112 g/mol. The van der Waals surface area contributed by atoms with E-state index in [2.05, 4.69) is 9.47 Å². The maximum Gasteiger partial charge on any atom is 0.269 e. The van der Waals surface area contributed by atoms with E-state index in [0.717, 1.165) is 0 Å². The van der Waals surface area contributed by atoms with Crippen molar-refractivity contribution >= 4 is 0 Å². The first-order chi connectivity index (χ1) is 3.83. The first-order valence-corrected chi connectivity index (χ1v) is 2.39. The zero-order valence-electron chi connectivity index (χ0n) is 4.28. The molecule has 4 nitrogen and oxygen atoms in total. The summed E-state index contributed by atoms with van der Waals surface area (Å²) in [6.07, 6.45) is -0.343. The summed E-state index contributed by atoms with van der Waals surface area (Å²) < 4.78 is 9.12. The van der Waals surface area contributed by atoms with E-state index < -0.39 is 6.48 Å². The average Bonchev–Trinajstić information content (AvgIpc) is 2.14. The SMILES string of the molecule is OCC1COC(O)O1. The molecular formula is C4H8O4. The van der Waals surface area contributed by atoms with E-state index in [1.165, 1.54) is 0 Å². The van der Waals surface area contributed by atoms with E-state index in [-0.39, 0.29) is 19.3 Å². The number of rotatable bonds is 1. The van der Waals surface area contributed by atoms with Crippen LogP contribution in [-0.4, -0.2) is 36.0 Å². The van der Waals surface area contributed by atoms with Crippen LogP contribution in [0.15, 0.2) is 0 Å². The van der Waals surface area contributed by atoms with Gasteiger partial charge in [-0.3, -0.25) is 0 Å². The summed E-state index contributed by atoms with van der Waals surface area (Å²) in [5.41, 5.74) is 0. The number of aliphatic hydroxyl groups excluding tert-OH is 2. The van der Waals surface area contributed by atoms with Crippen LogP contribution in [0.25, 0.3) is 0 Å². The van der Waals surface area contributed by atoms with Crippen LogP contribution in [0.4, 0.5) is 0 Å². The fraction of sp³-hybridized carbons (Fsp3) is 1.00. The van der Waals surface area contributed by atoms with E-state index in [4.69, 9.17) is 10.2 Å². The van der Waals surface area contributed by atoms with Crippen molar-refractivity contribution in [2.75, 3.05) is 13.2 Å². The summed E-state index contributed by atoms with van der Waals surface area (Å²) in [7, 11) is 0. The summed E-state index contributed by atoms with van der Waals surface area (Å²) >= 11 is 0. The van der Waals surface area contributed by atoms with Crippen LogP contribution in [0.3, 0.4) is 0 Å². The fourth-order valence-corrected chi connectivity index (χ4v) is 0.529. The van der Waals surface area contributed by atoms with Crippen LogP contribution in [0.2, 0.25) is 0 Å². The lowest BCUT2D eigenvalue weighted by molar-refractivity contribution is -0.206. The molecule has 1 fully saturated rings. The number of ether oxygens (including phenoxy) is 2. The van der Waals surface area contributed by atoms with Gasteiger partial charge in [0.2, 0.25) is 0 Å². The van der Waals surface area contributed by atoms with Crippen molar-refractivity contribution in [1.29, 1.82) is 0 Å². The third-order valence-corrected chi connectivity index (χ3v) is 0.937. The lowest BCUT2D eigenvalue weighted by Crippen LogP contribution is -2.15. The molecule has 0 aromatic carbocycles. The van der Waals surface area contributed by atoms with Crippen LogP contribution < -0.4 is 0 Å². The Morgan fingerprint density at radius 1 is 1.62 bits per heavy atom. The van der Waals surface area contributed by atoms with Gasteiger partial charge in [-0.2, -0.15) is 0 Å². The smallest absolute Gasteiger partial charge is 0.269 e. The van der Waals surface area contributed by atoms with Crippen molar-refractivity contribution < 1.29 is 19.7 Å². The minimum Gasteiger partial charge on any atom is -0.394 e. The van der Waals surface area contributed by atoms with E-state index in [9.17, 15) is 0 Å². The number of aliphatic hydroxyl groups is 2. The summed E-state index contributed by atoms with van der Waals surface area (Å²) in [5.74, 6) is 0. The van der Waals surface area contributed by atoms with E-state index >= 15 is 0 Å². The third-order valence-electron chi connectivity index (χ3n) is 0.937. The van der Waals surface area contributed by atoms with Crippen molar-refractivity contribution in [2.24, 2.45) is 0 Å². The Labute approximate surface area is 46.6 Å². The lowest BCUT2D eigenvalue weighted by Gasteiger charge is -2.00. The largest absolute Gasteiger partial charge is 0.394 e. The molecule has 0 bridgehead atoms. The van der Waals surface area contributed by atoms with Gasteiger partial charge in [0.15, 0.2) is 0 Å². The van der Waals surface area contributed by atoms with Gasteiger partial charge < -0.3 is 19.7 Å². The number of hydrogen-bond acceptors (Lipinski definition) is 4. The van der Waals surface area contributed by atoms with Gasteiger partial charge >= 0.3 is 0 Å². The highest BCUT2D eigenvalue weighted by molar-refractivity contribution is 4.57. The zero-order valence-corrected chi connectivity index (χ0v) is 4.28. The molecule has 0 radical (unpaired) electrons. The lowest BCUT2D eigenvalue weighted by atomic mass is 10.4. The predicted octanol–water partition coefficient (Wildman–Crippen LogP) is -1.33. The molecule has 2 atom stereocenters. The monoisotopic (exact) mass is 120 g/mol. The van der Waals surface area contributed by atoms with Gasteiger partial charge in [-0.25, -0.2) is 0 Å². The second-order valence-corrected chi connectivity index (χ2v) is 1.58. The standard InChI is InChI=1S/C4H8O4/c5-1-3-2-7-4(6)8-3/h3-6H,1-2H2. The molecule has 0 aromatic rings. The van der Waals surface area contributed by atoms with Gasteiger partial charge in [0.05, 0.1) is 13.2 Å². The highest BCUT2D eigenvalue weighted by atomic mass is 16.8. The molecule has 8 heavy (non-hydrogen) atoms. The molecule has 0 saturated carbocycles. The molecule has 1 heterocycles. The quantitative estimate of drug-likeness (QED) is 0.450. The summed E-state index contributed by atoms with van der Waals surface area (Å²) in [6, 6.07) is 0. The number of hydrogen-bond donors (Lipinski definition) is 2. The van der Waals surface area contributed by atoms with Gasteiger partial charge in [0.1, 0.15) is 6.10 Å². The van der Waals surface area contributed by atoms with Crippen molar-refractivity contribution in [1.82, 2.24) is 0 Å². The molecule has 0 aromatic heterocycles. The highest BCUT2D eigenvalue weighted by Gasteiger charge is 2.22. The van der Waals surface area contributed by atoms with Gasteiger partial charge in [-0.05, 0) is 0 Å². The Bertz CT molecular complexity index is 74.4. The molecule has 2 unspecified atom stereocenters. The van der Waals surface area contributed by atoms with Crippen LogP contribution >= 0.6 is 0 Å². The van der Waals surface area contributed by atoms with Crippen LogP contribution in [-0.2, 0) is 9.47 Å². The first kappa shape index (κ1) is 5.97. The topological polar surface area (TPSA) is 58.9 Å². The molecule has 0 spiro atoms.